The van der Waals surface area contributed by atoms with Crippen molar-refractivity contribution in [3.05, 3.63) is 42.0 Å². The van der Waals surface area contributed by atoms with Gasteiger partial charge in [0.15, 0.2) is 0 Å². The van der Waals surface area contributed by atoms with Gasteiger partial charge in [-0.05, 0) is 26.0 Å². The Balaban J connectivity index is 3.25. The number of hydrogen-bond acceptors (Lipinski definition) is 3. The minimum Gasteiger partial charge on any atom is -0.389 e. The highest BCUT2D eigenvalue weighted by Crippen LogP contribution is 2.27. The molecule has 0 amide bonds. The quantitative estimate of drug-likeness (QED) is 0.791. The van der Waals surface area contributed by atoms with Crippen molar-refractivity contribution in [2.24, 2.45) is 0 Å². The minimum absolute atomic E-state index is 0.545. The van der Waals surface area contributed by atoms with Gasteiger partial charge in [-0.1, -0.05) is 12.1 Å². The summed E-state index contributed by atoms with van der Waals surface area (Å²) in [6.07, 6.45) is 1.27. The average Bonchev–Trinajstić information content (AvgIpc) is 2.35. The molecule has 0 heterocycles. The maximum atomic E-state index is 9.75. The normalized spacial score (nSPS) is 11.6. The Labute approximate surface area is 103 Å². The molecule has 0 radical (unpaired) electrons. The van der Waals surface area contributed by atoms with Gasteiger partial charge in [-0.15, -0.1) is 6.58 Å². The van der Waals surface area contributed by atoms with Gasteiger partial charge in [-0.3, -0.25) is 0 Å². The summed E-state index contributed by atoms with van der Waals surface area (Å²) in [5.74, 6) is 0. The van der Waals surface area contributed by atoms with Gasteiger partial charge in [-0.2, -0.15) is 5.26 Å². The Kier molecular flexibility index (Phi) is 4.74. The summed E-state index contributed by atoms with van der Waals surface area (Å²) in [6.45, 7) is 8.99. The summed E-state index contributed by atoms with van der Waals surface area (Å²) in [4.78, 5) is 2.08. The van der Waals surface area contributed by atoms with Crippen LogP contribution in [0.3, 0.4) is 0 Å². The molecule has 90 valence electrons. The molecule has 1 aromatic carbocycles. The number of nitriles is 1. The van der Waals surface area contributed by atoms with Crippen LogP contribution in [-0.2, 0) is 0 Å². The second-order valence-corrected chi connectivity index (χ2v) is 3.89. The molecule has 0 aliphatic carbocycles. The van der Waals surface area contributed by atoms with Crippen molar-refractivity contribution in [2.75, 3.05) is 18.0 Å². The molecule has 17 heavy (non-hydrogen) atoms. The summed E-state index contributed by atoms with van der Waals surface area (Å²) < 4.78 is 0. The predicted molar refractivity (Wildman–Crippen MR) is 69.9 cm³/mol. The lowest BCUT2D eigenvalue weighted by Gasteiger charge is -2.25. The lowest BCUT2D eigenvalue weighted by atomic mass is 10.0. The fourth-order valence-electron chi connectivity index (χ4n) is 1.79. The molecule has 1 aromatic rings. The molecule has 3 heteroatoms. The smallest absolute Gasteiger partial charge is 0.0992 e. The molecule has 0 saturated heterocycles. The number of rotatable bonds is 5. The highest BCUT2D eigenvalue weighted by molar-refractivity contribution is 5.58. The number of aliphatic hydroxyl groups excluding tert-OH is 1. The molecule has 0 fully saturated rings. The third-order valence-corrected chi connectivity index (χ3v) is 2.68. The molecule has 1 rings (SSSR count). The predicted octanol–water partition coefficient (Wildman–Crippen LogP) is 2.62. The number of hydrogen-bond donors (Lipinski definition) is 1. The fourth-order valence-corrected chi connectivity index (χ4v) is 1.79. The molecule has 1 N–H and O–H groups in total. The van der Waals surface area contributed by atoms with Gasteiger partial charge >= 0.3 is 0 Å². The maximum Gasteiger partial charge on any atom is 0.0992 e. The highest BCUT2D eigenvalue weighted by atomic mass is 16.3. The van der Waals surface area contributed by atoms with E-state index in [9.17, 15) is 5.11 Å². The zero-order valence-corrected chi connectivity index (χ0v) is 10.3. The lowest BCUT2D eigenvalue weighted by molar-refractivity contribution is 0.199. The van der Waals surface area contributed by atoms with Gasteiger partial charge in [-0.25, -0.2) is 0 Å². The second kappa shape index (κ2) is 6.07. The van der Waals surface area contributed by atoms with Crippen molar-refractivity contribution in [1.82, 2.24) is 0 Å². The molecule has 0 unspecified atom stereocenters. The van der Waals surface area contributed by atoms with E-state index in [0.29, 0.717) is 12.1 Å². The van der Waals surface area contributed by atoms with Crippen LogP contribution in [0.2, 0.25) is 0 Å². The average molecular weight is 230 g/mol. The van der Waals surface area contributed by atoms with E-state index in [1.54, 1.807) is 13.0 Å². The van der Waals surface area contributed by atoms with Gasteiger partial charge in [0.2, 0.25) is 0 Å². The van der Waals surface area contributed by atoms with Crippen LogP contribution in [0.5, 0.6) is 0 Å². The van der Waals surface area contributed by atoms with Crippen LogP contribution in [0.15, 0.2) is 30.9 Å². The number of likely N-dealkylation sites (N-methyl/N-ethyl adjacent to an activating group) is 1. The van der Waals surface area contributed by atoms with Crippen LogP contribution < -0.4 is 4.90 Å². The first kappa shape index (κ1) is 13.3. The van der Waals surface area contributed by atoms with Crippen molar-refractivity contribution in [3.8, 4) is 6.07 Å². The fraction of sp³-hybridized carbons (Fsp3) is 0.357. The molecule has 0 saturated carbocycles. The number of aliphatic hydroxyl groups is 1. The number of anilines is 1. The summed E-state index contributed by atoms with van der Waals surface area (Å²) in [5, 5.41) is 18.7. The lowest BCUT2D eigenvalue weighted by Crippen LogP contribution is -2.24. The van der Waals surface area contributed by atoms with E-state index < -0.39 is 6.10 Å². The Hall–Kier alpha value is -1.79. The number of nitrogens with zero attached hydrogens (tertiary/aromatic N) is 2. The maximum absolute atomic E-state index is 9.75. The summed E-state index contributed by atoms with van der Waals surface area (Å²) >= 11 is 0. The van der Waals surface area contributed by atoms with Crippen molar-refractivity contribution < 1.29 is 5.11 Å². The molecule has 0 aliphatic rings. The van der Waals surface area contributed by atoms with Crippen LogP contribution in [0.25, 0.3) is 0 Å². The molecular weight excluding hydrogens is 212 g/mol. The van der Waals surface area contributed by atoms with Gasteiger partial charge in [0.05, 0.1) is 17.7 Å². The van der Waals surface area contributed by atoms with E-state index in [4.69, 9.17) is 5.26 Å². The molecule has 0 bridgehead atoms. The van der Waals surface area contributed by atoms with Gasteiger partial charge < -0.3 is 10.0 Å². The van der Waals surface area contributed by atoms with E-state index in [-0.39, 0.29) is 0 Å². The van der Waals surface area contributed by atoms with Crippen LogP contribution >= 0.6 is 0 Å². The van der Waals surface area contributed by atoms with Crippen molar-refractivity contribution in [2.45, 2.75) is 20.0 Å². The Morgan fingerprint density at radius 3 is 2.76 bits per heavy atom. The van der Waals surface area contributed by atoms with Crippen molar-refractivity contribution in [3.63, 3.8) is 0 Å². The van der Waals surface area contributed by atoms with E-state index in [1.807, 2.05) is 25.1 Å². The Bertz CT molecular complexity index is 432. The van der Waals surface area contributed by atoms with Crippen LogP contribution in [0.4, 0.5) is 5.69 Å². The third-order valence-electron chi connectivity index (χ3n) is 2.68. The highest BCUT2D eigenvalue weighted by Gasteiger charge is 2.13. The number of benzene rings is 1. The van der Waals surface area contributed by atoms with E-state index in [2.05, 4.69) is 17.5 Å². The van der Waals surface area contributed by atoms with Gasteiger partial charge in [0.1, 0.15) is 0 Å². The van der Waals surface area contributed by atoms with Crippen molar-refractivity contribution >= 4 is 5.69 Å². The third kappa shape index (κ3) is 3.08. The summed E-state index contributed by atoms with van der Waals surface area (Å²) in [7, 11) is 0. The summed E-state index contributed by atoms with van der Waals surface area (Å²) in [6, 6.07) is 7.47. The van der Waals surface area contributed by atoms with Crippen LogP contribution in [0.1, 0.15) is 31.1 Å². The molecule has 0 spiro atoms. The Morgan fingerprint density at radius 1 is 1.59 bits per heavy atom. The second-order valence-electron chi connectivity index (χ2n) is 3.89. The molecule has 3 nitrogen and oxygen atoms in total. The van der Waals surface area contributed by atoms with Gasteiger partial charge in [0, 0.05) is 24.3 Å². The SMILES string of the molecule is C=CCN(CC)c1cc(C#N)ccc1[C@@H](C)O. The zero-order chi connectivity index (χ0) is 12.8. The molecule has 1 atom stereocenters. The van der Waals surface area contributed by atoms with E-state index in [1.165, 1.54) is 0 Å². The standard InChI is InChI=1S/C14H18N2O/c1-4-8-16(5-2)14-9-12(10-15)6-7-13(14)11(3)17/h4,6-7,9,11,17H,1,5,8H2,2-3H3/t11-/m1/s1. The van der Waals surface area contributed by atoms with E-state index >= 15 is 0 Å². The molecule has 0 aliphatic heterocycles. The first-order chi connectivity index (χ1) is 8.13. The summed E-state index contributed by atoms with van der Waals surface area (Å²) in [5.41, 5.74) is 2.35. The van der Waals surface area contributed by atoms with Crippen LogP contribution in [-0.4, -0.2) is 18.2 Å². The van der Waals surface area contributed by atoms with E-state index in [0.717, 1.165) is 17.8 Å². The topological polar surface area (TPSA) is 47.3 Å². The minimum atomic E-state index is -0.545. The van der Waals surface area contributed by atoms with Crippen molar-refractivity contribution in [1.29, 1.82) is 5.26 Å². The Morgan fingerprint density at radius 2 is 2.29 bits per heavy atom. The molecular formula is C14H18N2O. The largest absolute Gasteiger partial charge is 0.389 e. The van der Waals surface area contributed by atoms with Crippen LogP contribution in [0, 0.1) is 11.3 Å². The first-order valence-corrected chi connectivity index (χ1v) is 5.72. The monoisotopic (exact) mass is 230 g/mol. The first-order valence-electron chi connectivity index (χ1n) is 5.72. The van der Waals surface area contributed by atoms with Gasteiger partial charge in [0.25, 0.3) is 0 Å². The molecule has 0 aromatic heterocycles. The zero-order valence-electron chi connectivity index (χ0n) is 10.3.